The summed E-state index contributed by atoms with van der Waals surface area (Å²) in [6.07, 6.45) is 2.45. The number of likely N-dealkylation sites (tertiary alicyclic amines) is 1. The SMILES string of the molecule is CNCC1CCN(C2CCOc3ccccc32)C1. The Bertz CT molecular complexity index is 407. The number of benzene rings is 1. The fourth-order valence-electron chi connectivity index (χ4n) is 3.30. The van der Waals surface area contributed by atoms with Crippen LogP contribution in [0.4, 0.5) is 0 Å². The molecule has 0 spiro atoms. The van der Waals surface area contributed by atoms with Crippen LogP contribution < -0.4 is 10.1 Å². The summed E-state index contributed by atoms with van der Waals surface area (Å²) < 4.78 is 5.75. The molecule has 2 heterocycles. The first-order chi connectivity index (χ1) is 8.88. The lowest BCUT2D eigenvalue weighted by Crippen LogP contribution is -2.31. The molecule has 1 aromatic rings. The van der Waals surface area contributed by atoms with Gasteiger partial charge in [0.15, 0.2) is 0 Å². The molecule has 3 rings (SSSR count). The molecule has 0 aromatic heterocycles. The van der Waals surface area contributed by atoms with E-state index in [9.17, 15) is 0 Å². The van der Waals surface area contributed by atoms with E-state index in [0.29, 0.717) is 6.04 Å². The third kappa shape index (κ3) is 2.25. The van der Waals surface area contributed by atoms with E-state index in [1.54, 1.807) is 0 Å². The molecule has 0 saturated carbocycles. The van der Waals surface area contributed by atoms with Crippen molar-refractivity contribution in [2.24, 2.45) is 5.92 Å². The Balaban J connectivity index is 1.74. The highest BCUT2D eigenvalue weighted by molar-refractivity contribution is 5.37. The van der Waals surface area contributed by atoms with E-state index in [2.05, 4.69) is 34.5 Å². The minimum absolute atomic E-state index is 0.566. The minimum Gasteiger partial charge on any atom is -0.493 e. The molecule has 98 valence electrons. The van der Waals surface area contributed by atoms with E-state index in [4.69, 9.17) is 4.74 Å². The van der Waals surface area contributed by atoms with E-state index >= 15 is 0 Å². The lowest BCUT2D eigenvalue weighted by Gasteiger charge is -2.33. The lowest BCUT2D eigenvalue weighted by molar-refractivity contribution is 0.161. The highest BCUT2D eigenvalue weighted by atomic mass is 16.5. The van der Waals surface area contributed by atoms with Crippen molar-refractivity contribution >= 4 is 0 Å². The monoisotopic (exact) mass is 246 g/mol. The molecule has 0 bridgehead atoms. The summed E-state index contributed by atoms with van der Waals surface area (Å²) in [4.78, 5) is 2.64. The van der Waals surface area contributed by atoms with Crippen LogP contribution >= 0.6 is 0 Å². The van der Waals surface area contributed by atoms with Gasteiger partial charge in [-0.15, -0.1) is 0 Å². The van der Waals surface area contributed by atoms with E-state index in [1.165, 1.54) is 25.1 Å². The average molecular weight is 246 g/mol. The number of ether oxygens (including phenoxy) is 1. The Morgan fingerprint density at radius 1 is 1.33 bits per heavy atom. The highest BCUT2D eigenvalue weighted by Crippen LogP contribution is 2.37. The standard InChI is InChI=1S/C15H22N2O/c1-16-10-12-6-8-17(11-12)14-7-9-18-15-5-3-2-4-13(14)15/h2-5,12,14,16H,6-11H2,1H3. The molecule has 1 fully saturated rings. The van der Waals surface area contributed by atoms with Gasteiger partial charge in [0.25, 0.3) is 0 Å². The maximum atomic E-state index is 5.75. The average Bonchev–Trinajstić information content (AvgIpc) is 2.87. The smallest absolute Gasteiger partial charge is 0.124 e. The molecule has 2 unspecified atom stereocenters. The molecule has 1 aromatic carbocycles. The van der Waals surface area contributed by atoms with Crippen molar-refractivity contribution in [3.8, 4) is 5.75 Å². The van der Waals surface area contributed by atoms with E-state index < -0.39 is 0 Å². The second-order valence-corrected chi connectivity index (χ2v) is 5.40. The number of hydrogen-bond acceptors (Lipinski definition) is 3. The van der Waals surface area contributed by atoms with Crippen molar-refractivity contribution in [3.63, 3.8) is 0 Å². The molecule has 3 heteroatoms. The predicted molar refractivity (Wildman–Crippen MR) is 72.9 cm³/mol. The summed E-state index contributed by atoms with van der Waals surface area (Å²) in [7, 11) is 2.05. The first kappa shape index (κ1) is 12.0. The van der Waals surface area contributed by atoms with Gasteiger partial charge in [0, 0.05) is 24.6 Å². The van der Waals surface area contributed by atoms with Crippen molar-refractivity contribution in [1.82, 2.24) is 10.2 Å². The number of fused-ring (bicyclic) bond motifs is 1. The molecule has 0 aliphatic carbocycles. The van der Waals surface area contributed by atoms with Gasteiger partial charge < -0.3 is 10.1 Å². The molecule has 0 amide bonds. The molecule has 2 aliphatic rings. The summed E-state index contributed by atoms with van der Waals surface area (Å²) >= 11 is 0. The molecule has 2 aliphatic heterocycles. The van der Waals surface area contributed by atoms with Gasteiger partial charge in [-0.05, 0) is 38.5 Å². The van der Waals surface area contributed by atoms with Crippen LogP contribution in [0.15, 0.2) is 24.3 Å². The predicted octanol–water partition coefficient (Wildman–Crippen LogP) is 2.05. The first-order valence-electron chi connectivity index (χ1n) is 6.99. The Morgan fingerprint density at radius 2 is 2.22 bits per heavy atom. The molecule has 2 atom stereocenters. The topological polar surface area (TPSA) is 24.5 Å². The summed E-state index contributed by atoms with van der Waals surface area (Å²) in [5.74, 6) is 1.90. The van der Waals surface area contributed by atoms with Gasteiger partial charge in [0.05, 0.1) is 6.61 Å². The van der Waals surface area contributed by atoms with Gasteiger partial charge in [-0.2, -0.15) is 0 Å². The fraction of sp³-hybridized carbons (Fsp3) is 0.600. The third-order valence-electron chi connectivity index (χ3n) is 4.18. The van der Waals surface area contributed by atoms with Crippen LogP contribution in [-0.4, -0.2) is 38.2 Å². The van der Waals surface area contributed by atoms with Crippen LogP contribution in [0.25, 0.3) is 0 Å². The number of rotatable bonds is 3. The third-order valence-corrected chi connectivity index (χ3v) is 4.18. The van der Waals surface area contributed by atoms with Crippen LogP contribution in [0.3, 0.4) is 0 Å². The van der Waals surface area contributed by atoms with Crippen LogP contribution in [0, 0.1) is 5.92 Å². The van der Waals surface area contributed by atoms with Gasteiger partial charge in [-0.3, -0.25) is 4.90 Å². The van der Waals surface area contributed by atoms with Gasteiger partial charge in [-0.1, -0.05) is 18.2 Å². The van der Waals surface area contributed by atoms with E-state index in [1.807, 2.05) is 7.05 Å². The number of hydrogen-bond donors (Lipinski definition) is 1. The maximum Gasteiger partial charge on any atom is 0.124 e. The fourth-order valence-corrected chi connectivity index (χ4v) is 3.30. The van der Waals surface area contributed by atoms with Crippen molar-refractivity contribution in [3.05, 3.63) is 29.8 Å². The molecule has 18 heavy (non-hydrogen) atoms. The first-order valence-corrected chi connectivity index (χ1v) is 6.99. The summed E-state index contributed by atoms with van der Waals surface area (Å²) in [5.41, 5.74) is 1.38. The lowest BCUT2D eigenvalue weighted by atomic mass is 9.99. The largest absolute Gasteiger partial charge is 0.493 e. The summed E-state index contributed by atoms with van der Waals surface area (Å²) in [5, 5.41) is 3.30. The van der Waals surface area contributed by atoms with Crippen LogP contribution in [0.1, 0.15) is 24.4 Å². The van der Waals surface area contributed by atoms with Crippen LogP contribution in [0.5, 0.6) is 5.75 Å². The minimum atomic E-state index is 0.566. The van der Waals surface area contributed by atoms with Gasteiger partial charge in [-0.25, -0.2) is 0 Å². The van der Waals surface area contributed by atoms with Crippen molar-refractivity contribution in [2.75, 3.05) is 33.3 Å². The summed E-state index contributed by atoms with van der Waals surface area (Å²) in [6.45, 7) is 4.45. The molecular weight excluding hydrogens is 224 g/mol. The quantitative estimate of drug-likeness (QED) is 0.883. The van der Waals surface area contributed by atoms with Crippen molar-refractivity contribution in [2.45, 2.75) is 18.9 Å². The number of nitrogens with one attached hydrogen (secondary N) is 1. The van der Waals surface area contributed by atoms with Gasteiger partial charge in [0.2, 0.25) is 0 Å². The Hall–Kier alpha value is -1.06. The van der Waals surface area contributed by atoms with Crippen LogP contribution in [0.2, 0.25) is 0 Å². The van der Waals surface area contributed by atoms with Gasteiger partial charge in [0.1, 0.15) is 5.75 Å². The Kier molecular flexibility index (Phi) is 3.52. The summed E-state index contributed by atoms with van der Waals surface area (Å²) in [6, 6.07) is 9.08. The molecule has 0 radical (unpaired) electrons. The van der Waals surface area contributed by atoms with E-state index in [-0.39, 0.29) is 0 Å². The van der Waals surface area contributed by atoms with Gasteiger partial charge >= 0.3 is 0 Å². The number of nitrogens with zero attached hydrogens (tertiary/aromatic N) is 1. The molecular formula is C15H22N2O. The zero-order chi connectivity index (χ0) is 12.4. The van der Waals surface area contributed by atoms with Crippen molar-refractivity contribution < 1.29 is 4.74 Å². The maximum absolute atomic E-state index is 5.75. The second kappa shape index (κ2) is 5.29. The Morgan fingerprint density at radius 3 is 3.11 bits per heavy atom. The van der Waals surface area contributed by atoms with Crippen molar-refractivity contribution in [1.29, 1.82) is 0 Å². The molecule has 1 saturated heterocycles. The normalized spacial score (nSPS) is 27.8. The zero-order valence-electron chi connectivity index (χ0n) is 11.1. The highest BCUT2D eigenvalue weighted by Gasteiger charge is 2.31. The Labute approximate surface area is 109 Å². The van der Waals surface area contributed by atoms with Crippen LogP contribution in [-0.2, 0) is 0 Å². The molecule has 1 N–H and O–H groups in total. The van der Waals surface area contributed by atoms with E-state index in [0.717, 1.165) is 31.2 Å². The second-order valence-electron chi connectivity index (χ2n) is 5.40. The number of para-hydroxylation sites is 1. The molecule has 3 nitrogen and oxygen atoms in total. The zero-order valence-corrected chi connectivity index (χ0v) is 11.1.